The highest BCUT2D eigenvalue weighted by Crippen LogP contribution is 2.24. The van der Waals surface area contributed by atoms with Gasteiger partial charge in [-0.2, -0.15) is 0 Å². The highest BCUT2D eigenvalue weighted by Gasteiger charge is 2.40. The number of benzene rings is 1. The fourth-order valence-corrected chi connectivity index (χ4v) is 3.30. The van der Waals surface area contributed by atoms with Crippen LogP contribution in [0.15, 0.2) is 35.4 Å². The van der Waals surface area contributed by atoms with Gasteiger partial charge in [-0.3, -0.25) is 9.69 Å². The summed E-state index contributed by atoms with van der Waals surface area (Å²) < 4.78 is 18.1. The molecule has 1 aliphatic rings. The predicted molar refractivity (Wildman–Crippen MR) is 96.3 cm³/mol. The van der Waals surface area contributed by atoms with Gasteiger partial charge in [0.25, 0.3) is 5.91 Å². The molecule has 0 aliphatic carbocycles. The second-order valence-corrected chi connectivity index (χ2v) is 7.26. The fourth-order valence-electron chi connectivity index (χ4n) is 3.30. The Bertz CT molecular complexity index is 698. The van der Waals surface area contributed by atoms with Gasteiger partial charge < -0.3 is 10.1 Å². The molecule has 0 unspecified atom stereocenters. The minimum Gasteiger partial charge on any atom is -0.465 e. The Kier molecular flexibility index (Phi) is 6.53. The van der Waals surface area contributed by atoms with Crippen molar-refractivity contribution in [2.75, 3.05) is 7.11 Å². The molecular formula is C20H28FN2O3+. The van der Waals surface area contributed by atoms with Gasteiger partial charge in [0, 0.05) is 17.6 Å². The van der Waals surface area contributed by atoms with Crippen LogP contribution in [-0.2, 0) is 20.9 Å². The zero-order valence-electron chi connectivity index (χ0n) is 16.1. The number of esters is 1. The Balaban J connectivity index is 2.24. The smallest absolute Gasteiger partial charge is 0.364 e. The first-order valence-corrected chi connectivity index (χ1v) is 8.90. The standard InChI is InChI=1S/C20H27FN2O3/c1-12(2)10-17(20(25)26-5)22-18-13(3)14(4)19(24)23(18)11-15-6-8-16(21)9-7-15/h6-9,12,17-18,22H,10-11H2,1-5H3/p+1/t17-,18+/m0/s1. The van der Waals surface area contributed by atoms with E-state index in [0.29, 0.717) is 24.5 Å². The van der Waals surface area contributed by atoms with Crippen LogP contribution in [0.1, 0.15) is 39.7 Å². The van der Waals surface area contributed by atoms with E-state index in [0.717, 1.165) is 11.1 Å². The quantitative estimate of drug-likeness (QED) is 0.754. The molecule has 0 aromatic heterocycles. The molecule has 0 fully saturated rings. The number of nitrogens with two attached hydrogens (primary N) is 1. The second-order valence-electron chi connectivity index (χ2n) is 7.26. The molecule has 0 spiro atoms. The third-order valence-corrected chi connectivity index (χ3v) is 4.86. The summed E-state index contributed by atoms with van der Waals surface area (Å²) in [6, 6.07) is 5.74. The molecule has 1 amide bonds. The van der Waals surface area contributed by atoms with E-state index in [4.69, 9.17) is 4.74 Å². The van der Waals surface area contributed by atoms with Gasteiger partial charge in [-0.15, -0.1) is 0 Å². The van der Waals surface area contributed by atoms with E-state index < -0.39 is 0 Å². The zero-order chi connectivity index (χ0) is 19.4. The van der Waals surface area contributed by atoms with Crippen molar-refractivity contribution >= 4 is 11.9 Å². The minimum absolute atomic E-state index is 0.0544. The van der Waals surface area contributed by atoms with Crippen molar-refractivity contribution in [3.63, 3.8) is 0 Å². The van der Waals surface area contributed by atoms with Crippen LogP contribution in [-0.4, -0.2) is 36.1 Å². The third-order valence-electron chi connectivity index (χ3n) is 4.86. The Hall–Kier alpha value is -2.21. The van der Waals surface area contributed by atoms with Crippen LogP contribution < -0.4 is 5.32 Å². The number of halogens is 1. The molecule has 1 aromatic carbocycles. The normalized spacial score (nSPS) is 18.7. The van der Waals surface area contributed by atoms with Gasteiger partial charge in [0.15, 0.2) is 12.2 Å². The van der Waals surface area contributed by atoms with Crippen molar-refractivity contribution < 1.29 is 24.0 Å². The maximum Gasteiger partial charge on any atom is 0.364 e. The van der Waals surface area contributed by atoms with Gasteiger partial charge in [0.2, 0.25) is 0 Å². The molecule has 1 heterocycles. The number of methoxy groups -OCH3 is 1. The summed E-state index contributed by atoms with van der Waals surface area (Å²) in [5.41, 5.74) is 2.48. The summed E-state index contributed by atoms with van der Waals surface area (Å²) in [6.45, 7) is 8.19. The highest BCUT2D eigenvalue weighted by molar-refractivity contribution is 5.96. The number of amides is 1. The van der Waals surface area contributed by atoms with Gasteiger partial charge in [-0.1, -0.05) is 26.0 Å². The number of hydrogen-bond donors (Lipinski definition) is 1. The van der Waals surface area contributed by atoms with Gasteiger partial charge in [-0.05, 0) is 37.5 Å². The molecule has 142 valence electrons. The molecule has 1 aliphatic heterocycles. The van der Waals surface area contributed by atoms with Crippen molar-refractivity contribution in [2.45, 2.75) is 52.9 Å². The third kappa shape index (κ3) is 4.49. The van der Waals surface area contributed by atoms with Crippen molar-refractivity contribution in [3.05, 3.63) is 46.8 Å². The Labute approximate surface area is 154 Å². The number of carbonyl (C=O) groups excluding carboxylic acids is 2. The van der Waals surface area contributed by atoms with Crippen molar-refractivity contribution in [1.82, 2.24) is 4.90 Å². The van der Waals surface area contributed by atoms with Crippen molar-refractivity contribution in [1.29, 1.82) is 0 Å². The van der Waals surface area contributed by atoms with Crippen molar-refractivity contribution in [2.24, 2.45) is 5.92 Å². The number of hydrogen-bond acceptors (Lipinski definition) is 3. The molecule has 2 atom stereocenters. The molecule has 26 heavy (non-hydrogen) atoms. The summed E-state index contributed by atoms with van der Waals surface area (Å²) in [5.74, 6) is -0.326. The largest absolute Gasteiger partial charge is 0.465 e. The monoisotopic (exact) mass is 363 g/mol. The molecule has 0 radical (unpaired) electrons. The van der Waals surface area contributed by atoms with Crippen LogP contribution in [0.4, 0.5) is 4.39 Å². The van der Waals surface area contributed by atoms with E-state index in [-0.39, 0.29) is 29.9 Å². The number of ether oxygens (including phenoxy) is 1. The van der Waals surface area contributed by atoms with Gasteiger partial charge in [0.1, 0.15) is 5.82 Å². The topological polar surface area (TPSA) is 63.2 Å². The molecule has 2 rings (SSSR count). The van der Waals surface area contributed by atoms with Crippen LogP contribution in [0.25, 0.3) is 0 Å². The molecular weight excluding hydrogens is 335 g/mol. The van der Waals surface area contributed by atoms with Crippen molar-refractivity contribution in [3.8, 4) is 0 Å². The maximum atomic E-state index is 13.2. The molecule has 1 aromatic rings. The second kappa shape index (κ2) is 8.45. The number of carbonyl (C=O) groups is 2. The minimum atomic E-state index is -0.380. The van der Waals surface area contributed by atoms with Gasteiger partial charge >= 0.3 is 5.97 Å². The Morgan fingerprint density at radius 2 is 1.88 bits per heavy atom. The van der Waals surface area contributed by atoms with E-state index in [1.807, 2.05) is 26.1 Å². The first-order chi connectivity index (χ1) is 12.2. The predicted octanol–water partition coefficient (Wildman–Crippen LogP) is 1.98. The summed E-state index contributed by atoms with van der Waals surface area (Å²) in [7, 11) is 1.38. The summed E-state index contributed by atoms with van der Waals surface area (Å²) in [6.07, 6.45) is 0.393. The van der Waals surface area contributed by atoms with Crippen LogP contribution in [0.5, 0.6) is 0 Å². The Morgan fingerprint density at radius 1 is 1.27 bits per heavy atom. The van der Waals surface area contributed by atoms with E-state index >= 15 is 0 Å². The molecule has 6 heteroatoms. The summed E-state index contributed by atoms with van der Waals surface area (Å²) >= 11 is 0. The van der Waals surface area contributed by atoms with Gasteiger partial charge in [-0.25, -0.2) is 9.18 Å². The molecule has 0 saturated carbocycles. The lowest BCUT2D eigenvalue weighted by molar-refractivity contribution is -0.719. The van der Waals surface area contributed by atoms with Crippen LogP contribution in [0.3, 0.4) is 0 Å². The lowest BCUT2D eigenvalue weighted by atomic mass is 10.0. The average molecular weight is 363 g/mol. The maximum absolute atomic E-state index is 13.2. The van der Waals surface area contributed by atoms with Crippen LogP contribution in [0.2, 0.25) is 0 Å². The molecule has 2 N–H and O–H groups in total. The van der Waals surface area contributed by atoms with E-state index in [1.54, 1.807) is 24.0 Å². The van der Waals surface area contributed by atoms with E-state index in [1.165, 1.54) is 19.2 Å². The summed E-state index contributed by atoms with van der Waals surface area (Å²) in [4.78, 5) is 26.6. The number of quaternary nitrogens is 1. The molecule has 0 bridgehead atoms. The number of nitrogens with zero attached hydrogens (tertiary/aromatic N) is 1. The zero-order valence-corrected chi connectivity index (χ0v) is 16.1. The van der Waals surface area contributed by atoms with Gasteiger partial charge in [0.05, 0.1) is 13.7 Å². The SMILES string of the molecule is COC(=O)[C@H](CC(C)C)[NH2+][C@H]1C(C)=C(C)C(=O)N1Cc1ccc(F)cc1. The fraction of sp³-hybridized carbons (Fsp3) is 0.500. The average Bonchev–Trinajstić information content (AvgIpc) is 2.80. The van der Waals surface area contributed by atoms with E-state index in [2.05, 4.69) is 0 Å². The Morgan fingerprint density at radius 3 is 2.42 bits per heavy atom. The lowest BCUT2D eigenvalue weighted by Gasteiger charge is -2.28. The first-order valence-electron chi connectivity index (χ1n) is 8.90. The molecule has 5 nitrogen and oxygen atoms in total. The van der Waals surface area contributed by atoms with Crippen LogP contribution >= 0.6 is 0 Å². The molecule has 0 saturated heterocycles. The highest BCUT2D eigenvalue weighted by atomic mass is 19.1. The van der Waals surface area contributed by atoms with E-state index in [9.17, 15) is 14.0 Å². The number of rotatable bonds is 7. The summed E-state index contributed by atoms with van der Waals surface area (Å²) in [5, 5.41) is 1.92. The first kappa shape index (κ1) is 20.1. The lowest BCUT2D eigenvalue weighted by Crippen LogP contribution is -2.99. The van der Waals surface area contributed by atoms with Crippen LogP contribution in [0, 0.1) is 11.7 Å².